The van der Waals surface area contributed by atoms with Crippen molar-refractivity contribution in [2.24, 2.45) is 0 Å². The van der Waals surface area contributed by atoms with E-state index in [1.807, 2.05) is 6.07 Å². The molecule has 0 saturated carbocycles. The van der Waals surface area contributed by atoms with Gasteiger partial charge in [0.15, 0.2) is 6.61 Å². The SMILES string of the molecule is COc1cc(NC(=O)COc2cccc(N3CCCC3=O)c2)c(OC)cc1Cl. The van der Waals surface area contributed by atoms with Crippen molar-refractivity contribution in [1.29, 1.82) is 0 Å². The molecule has 1 N–H and O–H groups in total. The van der Waals surface area contributed by atoms with Crippen molar-refractivity contribution in [3.8, 4) is 17.2 Å². The Bertz CT molecular complexity index is 887. The van der Waals surface area contributed by atoms with E-state index in [-0.39, 0.29) is 18.4 Å². The van der Waals surface area contributed by atoms with Crippen LogP contribution in [0, 0.1) is 0 Å². The van der Waals surface area contributed by atoms with E-state index in [0.29, 0.717) is 40.9 Å². The second-order valence-electron chi connectivity index (χ2n) is 6.17. The van der Waals surface area contributed by atoms with Crippen LogP contribution in [0.3, 0.4) is 0 Å². The van der Waals surface area contributed by atoms with Crippen LogP contribution in [0.5, 0.6) is 17.2 Å². The van der Waals surface area contributed by atoms with E-state index >= 15 is 0 Å². The summed E-state index contributed by atoms with van der Waals surface area (Å²) in [4.78, 5) is 25.9. The molecule has 0 spiro atoms. The van der Waals surface area contributed by atoms with Gasteiger partial charge in [0.1, 0.15) is 17.2 Å². The number of anilines is 2. The number of nitrogens with zero attached hydrogens (tertiary/aromatic N) is 1. The van der Waals surface area contributed by atoms with Crippen LogP contribution in [-0.4, -0.2) is 39.2 Å². The predicted molar refractivity (Wildman–Crippen MR) is 107 cm³/mol. The highest BCUT2D eigenvalue weighted by molar-refractivity contribution is 6.32. The first-order valence-electron chi connectivity index (χ1n) is 8.76. The van der Waals surface area contributed by atoms with Crippen molar-refractivity contribution in [1.82, 2.24) is 0 Å². The van der Waals surface area contributed by atoms with Crippen molar-refractivity contribution < 1.29 is 23.8 Å². The molecule has 2 aromatic rings. The van der Waals surface area contributed by atoms with Gasteiger partial charge >= 0.3 is 0 Å². The van der Waals surface area contributed by atoms with Crippen LogP contribution in [0.15, 0.2) is 36.4 Å². The summed E-state index contributed by atoms with van der Waals surface area (Å²) < 4.78 is 16.0. The fourth-order valence-corrected chi connectivity index (χ4v) is 3.19. The van der Waals surface area contributed by atoms with Crippen LogP contribution in [-0.2, 0) is 9.59 Å². The van der Waals surface area contributed by atoms with Gasteiger partial charge < -0.3 is 24.4 Å². The summed E-state index contributed by atoms with van der Waals surface area (Å²) in [6, 6.07) is 10.3. The maximum Gasteiger partial charge on any atom is 0.262 e. The highest BCUT2D eigenvalue weighted by Crippen LogP contribution is 2.35. The monoisotopic (exact) mass is 404 g/mol. The van der Waals surface area contributed by atoms with Crippen molar-refractivity contribution in [3.05, 3.63) is 41.4 Å². The Morgan fingerprint density at radius 1 is 1.18 bits per heavy atom. The highest BCUT2D eigenvalue weighted by atomic mass is 35.5. The van der Waals surface area contributed by atoms with E-state index in [0.717, 1.165) is 12.1 Å². The molecule has 0 aromatic heterocycles. The lowest BCUT2D eigenvalue weighted by atomic mass is 10.2. The molecule has 1 saturated heterocycles. The Morgan fingerprint density at radius 2 is 1.96 bits per heavy atom. The maximum atomic E-state index is 12.3. The number of carbonyl (C=O) groups is 2. The summed E-state index contributed by atoms with van der Waals surface area (Å²) in [5.74, 6) is 1.06. The molecule has 3 rings (SSSR count). The molecule has 0 bridgehead atoms. The molecule has 0 radical (unpaired) electrons. The van der Waals surface area contributed by atoms with Crippen molar-refractivity contribution in [3.63, 3.8) is 0 Å². The molecule has 0 atom stereocenters. The van der Waals surface area contributed by atoms with Crippen LogP contribution in [0.1, 0.15) is 12.8 Å². The third-order valence-corrected chi connectivity index (χ3v) is 4.62. The van der Waals surface area contributed by atoms with Crippen LogP contribution in [0.4, 0.5) is 11.4 Å². The first-order valence-corrected chi connectivity index (χ1v) is 9.14. The average Bonchev–Trinajstić information content (AvgIpc) is 3.13. The van der Waals surface area contributed by atoms with E-state index in [4.69, 9.17) is 25.8 Å². The largest absolute Gasteiger partial charge is 0.495 e. The van der Waals surface area contributed by atoms with Crippen LogP contribution in [0.2, 0.25) is 5.02 Å². The highest BCUT2D eigenvalue weighted by Gasteiger charge is 2.22. The third kappa shape index (κ3) is 4.48. The van der Waals surface area contributed by atoms with Crippen LogP contribution >= 0.6 is 11.6 Å². The summed E-state index contributed by atoms with van der Waals surface area (Å²) in [5.41, 5.74) is 1.19. The lowest BCUT2D eigenvalue weighted by Crippen LogP contribution is -2.24. The second kappa shape index (κ2) is 8.84. The van der Waals surface area contributed by atoms with Crippen molar-refractivity contribution in [2.75, 3.05) is 37.6 Å². The third-order valence-electron chi connectivity index (χ3n) is 4.32. The summed E-state index contributed by atoms with van der Waals surface area (Å²) in [5, 5.41) is 3.10. The number of amides is 2. The van der Waals surface area contributed by atoms with Gasteiger partial charge in [-0.15, -0.1) is 0 Å². The first kappa shape index (κ1) is 19.8. The second-order valence-corrected chi connectivity index (χ2v) is 6.58. The van der Waals surface area contributed by atoms with E-state index in [1.165, 1.54) is 14.2 Å². The van der Waals surface area contributed by atoms with Crippen molar-refractivity contribution >= 4 is 34.8 Å². The molecule has 1 aliphatic heterocycles. The van der Waals surface area contributed by atoms with Gasteiger partial charge in [-0.2, -0.15) is 0 Å². The van der Waals surface area contributed by atoms with Gasteiger partial charge in [-0.3, -0.25) is 9.59 Å². The molecule has 2 aromatic carbocycles. The van der Waals surface area contributed by atoms with Gasteiger partial charge in [-0.05, 0) is 18.6 Å². The Balaban J connectivity index is 1.64. The molecule has 7 nitrogen and oxygen atoms in total. The minimum atomic E-state index is -0.370. The molecule has 0 aliphatic carbocycles. The Morgan fingerprint density at radius 3 is 2.64 bits per heavy atom. The molecular formula is C20H21ClN2O5. The molecule has 1 heterocycles. The molecule has 1 fully saturated rings. The van der Waals surface area contributed by atoms with Crippen molar-refractivity contribution in [2.45, 2.75) is 12.8 Å². The number of hydrogen-bond donors (Lipinski definition) is 1. The lowest BCUT2D eigenvalue weighted by Gasteiger charge is -2.17. The van der Waals surface area contributed by atoms with Gasteiger partial charge in [0.25, 0.3) is 5.91 Å². The quantitative estimate of drug-likeness (QED) is 0.764. The zero-order valence-corrected chi connectivity index (χ0v) is 16.4. The fraction of sp³-hybridized carbons (Fsp3) is 0.300. The van der Waals surface area contributed by atoms with Gasteiger partial charge in [-0.1, -0.05) is 17.7 Å². The van der Waals surface area contributed by atoms with E-state index in [1.54, 1.807) is 35.2 Å². The number of halogens is 1. The molecule has 0 unspecified atom stereocenters. The standard InChI is InChI=1S/C20H21ClN2O5/c1-26-17-11-16(18(27-2)10-15(17)21)22-19(24)12-28-14-6-3-5-13(9-14)23-8-4-7-20(23)25/h3,5-6,9-11H,4,7-8,12H2,1-2H3,(H,22,24). The Labute approximate surface area is 168 Å². The minimum absolute atomic E-state index is 0.0960. The topological polar surface area (TPSA) is 77.1 Å². The zero-order valence-electron chi connectivity index (χ0n) is 15.7. The van der Waals surface area contributed by atoms with Crippen LogP contribution < -0.4 is 24.4 Å². The van der Waals surface area contributed by atoms with E-state index in [2.05, 4.69) is 5.32 Å². The van der Waals surface area contributed by atoms with Gasteiger partial charge in [-0.25, -0.2) is 0 Å². The fourth-order valence-electron chi connectivity index (χ4n) is 2.96. The minimum Gasteiger partial charge on any atom is -0.495 e. The summed E-state index contributed by atoms with van der Waals surface area (Å²) in [7, 11) is 2.97. The smallest absolute Gasteiger partial charge is 0.262 e. The summed E-state index contributed by atoms with van der Waals surface area (Å²) >= 11 is 6.07. The van der Waals surface area contributed by atoms with Gasteiger partial charge in [0, 0.05) is 36.9 Å². The van der Waals surface area contributed by atoms with E-state index in [9.17, 15) is 9.59 Å². The number of nitrogens with one attached hydrogen (secondary N) is 1. The zero-order chi connectivity index (χ0) is 20.1. The molecule has 28 heavy (non-hydrogen) atoms. The number of methoxy groups -OCH3 is 2. The number of rotatable bonds is 7. The lowest BCUT2D eigenvalue weighted by molar-refractivity contribution is -0.118. The molecule has 1 aliphatic rings. The Kier molecular flexibility index (Phi) is 6.26. The number of hydrogen-bond acceptors (Lipinski definition) is 5. The average molecular weight is 405 g/mol. The Hall–Kier alpha value is -2.93. The molecule has 2 amide bonds. The number of carbonyl (C=O) groups excluding carboxylic acids is 2. The van der Waals surface area contributed by atoms with Crippen LogP contribution in [0.25, 0.3) is 0 Å². The summed E-state index contributed by atoms with van der Waals surface area (Å²) in [6.45, 7) is 0.493. The molecule has 148 valence electrons. The molecule has 8 heteroatoms. The first-order chi connectivity index (χ1) is 13.5. The number of benzene rings is 2. The predicted octanol–water partition coefficient (Wildman–Crippen LogP) is 3.50. The van der Waals surface area contributed by atoms with E-state index < -0.39 is 0 Å². The maximum absolute atomic E-state index is 12.3. The summed E-state index contributed by atoms with van der Waals surface area (Å²) in [6.07, 6.45) is 1.40. The molecular weight excluding hydrogens is 384 g/mol. The normalized spacial score (nSPS) is 13.4. The number of ether oxygens (including phenoxy) is 3. The van der Waals surface area contributed by atoms with Gasteiger partial charge in [0.2, 0.25) is 5.91 Å². The van der Waals surface area contributed by atoms with Gasteiger partial charge in [0.05, 0.1) is 24.9 Å².